The zero-order valence-corrected chi connectivity index (χ0v) is 25.7. The van der Waals surface area contributed by atoms with Gasteiger partial charge in [-0.25, -0.2) is 26.4 Å². The van der Waals surface area contributed by atoms with Crippen molar-refractivity contribution in [3.8, 4) is 0 Å². The fourth-order valence-electron chi connectivity index (χ4n) is 5.23. The van der Waals surface area contributed by atoms with Gasteiger partial charge in [-0.2, -0.15) is 13.2 Å². The molecule has 10 nitrogen and oxygen atoms in total. The number of halogens is 3. The fraction of sp³-hybridized carbons (Fsp3) is 0.500. The maximum absolute atomic E-state index is 13.9. The second-order valence-electron chi connectivity index (χ2n) is 11.7. The third-order valence-electron chi connectivity index (χ3n) is 7.32. The first-order chi connectivity index (χ1) is 19.9. The molecule has 2 fully saturated rings. The van der Waals surface area contributed by atoms with E-state index in [1.54, 1.807) is 6.07 Å². The van der Waals surface area contributed by atoms with E-state index in [2.05, 4.69) is 10.0 Å². The number of nitrogens with one attached hydrogen (secondary N) is 2. The van der Waals surface area contributed by atoms with Gasteiger partial charge in [-0.3, -0.25) is 4.79 Å². The quantitative estimate of drug-likeness (QED) is 0.492. The second kappa shape index (κ2) is 12.1. The van der Waals surface area contributed by atoms with Gasteiger partial charge in [-0.05, 0) is 76.8 Å². The lowest BCUT2D eigenvalue weighted by atomic mass is 10.0. The number of urea groups is 1. The lowest BCUT2D eigenvalue weighted by Gasteiger charge is -2.36. The topological polar surface area (TPSA) is 133 Å². The minimum atomic E-state index is -5.07. The van der Waals surface area contributed by atoms with Crippen LogP contribution in [0.1, 0.15) is 52.0 Å². The molecule has 0 bridgehead atoms. The lowest BCUT2D eigenvalue weighted by Crippen LogP contribution is -2.56. The molecule has 1 unspecified atom stereocenters. The Morgan fingerprint density at radius 1 is 0.860 bits per heavy atom. The molecular weight excluding hydrogens is 609 g/mol. The van der Waals surface area contributed by atoms with Gasteiger partial charge in [0.1, 0.15) is 6.04 Å². The molecule has 0 saturated carbocycles. The number of rotatable bonds is 6. The average molecular weight is 645 g/mol. The molecule has 3 amide bonds. The number of sulfone groups is 1. The summed E-state index contributed by atoms with van der Waals surface area (Å²) in [6.07, 6.45) is -3.68. The predicted molar refractivity (Wildman–Crippen MR) is 151 cm³/mol. The third-order valence-corrected chi connectivity index (χ3v) is 10.6. The highest BCUT2D eigenvalue weighted by atomic mass is 32.2. The Balaban J connectivity index is 1.49. The Labute approximate surface area is 249 Å². The highest BCUT2D eigenvalue weighted by Gasteiger charge is 2.41. The summed E-state index contributed by atoms with van der Waals surface area (Å²) in [5.74, 6) is -0.263. The van der Waals surface area contributed by atoms with Crippen molar-refractivity contribution in [1.29, 1.82) is 0 Å². The molecule has 0 aromatic heterocycles. The SMILES string of the molecule is CC(C)(C)NC(=O)N1CCCC1C(=O)N1CCC(NS(=O)(=O)c2cc(S(=O)(=O)c3ccccc3)ccc2C(F)(F)F)CC1. The number of sulfonamides is 1. The van der Waals surface area contributed by atoms with Crippen LogP contribution in [0.3, 0.4) is 0 Å². The van der Waals surface area contributed by atoms with Gasteiger partial charge in [-0.1, -0.05) is 18.2 Å². The molecule has 2 N–H and O–H groups in total. The Bertz CT molecular complexity index is 1570. The van der Waals surface area contributed by atoms with Crippen LogP contribution in [0.4, 0.5) is 18.0 Å². The first-order valence-electron chi connectivity index (χ1n) is 13.8. The van der Waals surface area contributed by atoms with Crippen molar-refractivity contribution in [2.24, 2.45) is 0 Å². The van der Waals surface area contributed by atoms with Crippen LogP contribution in [0.5, 0.6) is 0 Å². The van der Waals surface area contributed by atoms with E-state index in [-0.39, 0.29) is 42.8 Å². The minimum absolute atomic E-state index is 0.120. The summed E-state index contributed by atoms with van der Waals surface area (Å²) >= 11 is 0. The van der Waals surface area contributed by atoms with Crippen molar-refractivity contribution in [2.45, 2.75) is 84.9 Å². The first kappa shape index (κ1) is 32.7. The highest BCUT2D eigenvalue weighted by molar-refractivity contribution is 7.91. The van der Waals surface area contributed by atoms with Crippen molar-refractivity contribution in [3.63, 3.8) is 0 Å². The molecular formula is C28H35F3N4O6S2. The van der Waals surface area contributed by atoms with E-state index >= 15 is 0 Å². The van der Waals surface area contributed by atoms with E-state index < -0.39 is 59.0 Å². The standard InChI is InChI=1S/C28H35F3N4O6S2/c1-27(2,3)32-26(37)35-15-7-10-23(35)25(36)34-16-13-19(14-17-34)33-43(40,41)24-18-21(11-12-22(24)28(29,30)31)42(38,39)20-8-5-4-6-9-20/h4-6,8-9,11-12,18-19,23,33H,7,10,13-17H2,1-3H3,(H,32,37). The Morgan fingerprint density at radius 2 is 1.49 bits per heavy atom. The van der Waals surface area contributed by atoms with Crippen LogP contribution in [0.2, 0.25) is 0 Å². The van der Waals surface area contributed by atoms with Crippen LogP contribution in [-0.4, -0.2) is 75.8 Å². The molecule has 236 valence electrons. The average Bonchev–Trinajstić information content (AvgIpc) is 3.42. The van der Waals surface area contributed by atoms with Gasteiger partial charge < -0.3 is 15.1 Å². The van der Waals surface area contributed by atoms with Crippen LogP contribution in [0.25, 0.3) is 0 Å². The molecule has 2 aromatic carbocycles. The lowest BCUT2D eigenvalue weighted by molar-refractivity contribution is -0.140. The molecule has 2 aromatic rings. The third kappa shape index (κ3) is 7.50. The van der Waals surface area contributed by atoms with Crippen LogP contribution in [0, 0.1) is 0 Å². The summed E-state index contributed by atoms with van der Waals surface area (Å²) in [7, 11) is -9.13. The maximum Gasteiger partial charge on any atom is 0.417 e. The number of piperidine rings is 1. The molecule has 0 spiro atoms. The van der Waals surface area contributed by atoms with Gasteiger partial charge in [0.25, 0.3) is 0 Å². The van der Waals surface area contributed by atoms with Gasteiger partial charge in [0.2, 0.25) is 25.8 Å². The Kier molecular flexibility index (Phi) is 9.20. The summed E-state index contributed by atoms with van der Waals surface area (Å²) in [4.78, 5) is 27.0. The largest absolute Gasteiger partial charge is 0.417 e. The van der Waals surface area contributed by atoms with Gasteiger partial charge in [0, 0.05) is 31.2 Å². The number of benzene rings is 2. The first-order valence-corrected chi connectivity index (χ1v) is 16.8. The van der Waals surface area contributed by atoms with Crippen LogP contribution in [0.15, 0.2) is 63.2 Å². The van der Waals surface area contributed by atoms with E-state index in [1.165, 1.54) is 34.1 Å². The molecule has 43 heavy (non-hydrogen) atoms. The zero-order valence-electron chi connectivity index (χ0n) is 24.0. The normalized spacial score (nSPS) is 19.0. The molecule has 2 aliphatic rings. The van der Waals surface area contributed by atoms with Crippen molar-refractivity contribution < 1.29 is 39.6 Å². The van der Waals surface area contributed by atoms with Gasteiger partial charge >= 0.3 is 12.2 Å². The maximum atomic E-state index is 13.9. The van der Waals surface area contributed by atoms with E-state index in [0.717, 1.165) is 6.07 Å². The molecule has 1 atom stereocenters. The van der Waals surface area contributed by atoms with Crippen LogP contribution >= 0.6 is 0 Å². The number of nitrogens with zero attached hydrogens (tertiary/aromatic N) is 2. The Hall–Kier alpha value is -3.17. The number of likely N-dealkylation sites (tertiary alicyclic amines) is 2. The molecule has 2 saturated heterocycles. The summed E-state index contributed by atoms with van der Waals surface area (Å²) < 4.78 is 96.6. The molecule has 2 aliphatic heterocycles. The van der Waals surface area contributed by atoms with Gasteiger partial charge in [0.15, 0.2) is 0 Å². The van der Waals surface area contributed by atoms with Crippen LogP contribution in [-0.2, 0) is 30.8 Å². The molecule has 0 aliphatic carbocycles. The number of alkyl halides is 3. The summed E-state index contributed by atoms with van der Waals surface area (Å²) in [5, 5.41) is 2.86. The predicted octanol–water partition coefficient (Wildman–Crippen LogP) is 3.78. The van der Waals surface area contributed by atoms with Crippen molar-refractivity contribution in [1.82, 2.24) is 19.8 Å². The second-order valence-corrected chi connectivity index (χ2v) is 15.4. The number of carbonyl (C=O) groups excluding carboxylic acids is 2. The summed E-state index contributed by atoms with van der Waals surface area (Å²) in [5.41, 5.74) is -1.98. The zero-order chi connectivity index (χ0) is 31.8. The monoisotopic (exact) mass is 644 g/mol. The minimum Gasteiger partial charge on any atom is -0.341 e. The molecule has 2 heterocycles. The number of hydrogen-bond donors (Lipinski definition) is 2. The fourth-order valence-corrected chi connectivity index (χ4v) is 8.17. The number of amides is 3. The van der Waals surface area contributed by atoms with Crippen molar-refractivity contribution in [2.75, 3.05) is 19.6 Å². The number of hydrogen-bond acceptors (Lipinski definition) is 6. The van der Waals surface area contributed by atoms with E-state index in [1.807, 2.05) is 20.8 Å². The van der Waals surface area contributed by atoms with Crippen molar-refractivity contribution in [3.05, 3.63) is 54.1 Å². The van der Waals surface area contributed by atoms with Gasteiger partial charge in [0.05, 0.1) is 20.2 Å². The van der Waals surface area contributed by atoms with E-state index in [4.69, 9.17) is 0 Å². The highest BCUT2D eigenvalue weighted by Crippen LogP contribution is 2.36. The Morgan fingerprint density at radius 3 is 2.07 bits per heavy atom. The van der Waals surface area contributed by atoms with Crippen LogP contribution < -0.4 is 10.0 Å². The van der Waals surface area contributed by atoms with E-state index in [9.17, 15) is 39.6 Å². The molecule has 15 heteroatoms. The summed E-state index contributed by atoms with van der Waals surface area (Å²) in [6.45, 7) is 6.19. The number of carbonyl (C=O) groups is 2. The summed E-state index contributed by atoms with van der Waals surface area (Å²) in [6, 6.07) is 6.90. The smallest absolute Gasteiger partial charge is 0.341 e. The van der Waals surface area contributed by atoms with Crippen molar-refractivity contribution >= 4 is 31.8 Å². The molecule has 4 rings (SSSR count). The molecule has 0 radical (unpaired) electrons. The van der Waals surface area contributed by atoms with Gasteiger partial charge in [-0.15, -0.1) is 0 Å². The van der Waals surface area contributed by atoms with E-state index in [0.29, 0.717) is 31.5 Å².